The molecule has 6 nitrogen and oxygen atoms in total. The molecule has 136 valence electrons. The SMILES string of the molecule is NC(=O)c1ccc(O[C@@H]2COCC[C@H]2NC(=O)Cc2ccccc2)cc1. The van der Waals surface area contributed by atoms with Gasteiger partial charge in [-0.3, -0.25) is 9.59 Å². The summed E-state index contributed by atoms with van der Waals surface area (Å²) in [6.45, 7) is 0.977. The minimum Gasteiger partial charge on any atom is -0.486 e. The Balaban J connectivity index is 1.60. The zero-order chi connectivity index (χ0) is 18.4. The molecule has 0 aromatic heterocycles. The van der Waals surface area contributed by atoms with Crippen molar-refractivity contribution in [2.24, 2.45) is 5.73 Å². The highest BCUT2D eigenvalue weighted by atomic mass is 16.5. The van der Waals surface area contributed by atoms with Gasteiger partial charge in [-0.1, -0.05) is 30.3 Å². The van der Waals surface area contributed by atoms with Gasteiger partial charge in [0.05, 0.1) is 19.1 Å². The smallest absolute Gasteiger partial charge is 0.248 e. The number of ether oxygens (including phenoxy) is 2. The zero-order valence-electron chi connectivity index (χ0n) is 14.4. The minimum absolute atomic E-state index is 0.0409. The molecule has 1 saturated heterocycles. The maximum atomic E-state index is 12.3. The van der Waals surface area contributed by atoms with Gasteiger partial charge in [-0.2, -0.15) is 0 Å². The average molecular weight is 354 g/mol. The summed E-state index contributed by atoms with van der Waals surface area (Å²) in [6.07, 6.45) is 0.728. The Labute approximate surface area is 152 Å². The first kappa shape index (κ1) is 17.9. The van der Waals surface area contributed by atoms with Crippen molar-refractivity contribution >= 4 is 11.8 Å². The first-order valence-electron chi connectivity index (χ1n) is 8.59. The predicted octanol–water partition coefficient (Wildman–Crippen LogP) is 1.68. The van der Waals surface area contributed by atoms with Crippen molar-refractivity contribution in [2.45, 2.75) is 25.0 Å². The molecule has 0 bridgehead atoms. The van der Waals surface area contributed by atoms with Crippen LogP contribution in [-0.4, -0.2) is 37.2 Å². The normalized spacial score (nSPS) is 19.5. The minimum atomic E-state index is -0.483. The monoisotopic (exact) mass is 354 g/mol. The largest absolute Gasteiger partial charge is 0.486 e. The Morgan fingerprint density at radius 1 is 1.12 bits per heavy atom. The lowest BCUT2D eigenvalue weighted by Crippen LogP contribution is -2.51. The lowest BCUT2D eigenvalue weighted by atomic mass is 10.0. The van der Waals surface area contributed by atoms with Crippen LogP contribution in [0.2, 0.25) is 0 Å². The molecule has 26 heavy (non-hydrogen) atoms. The third-order valence-corrected chi connectivity index (χ3v) is 4.28. The standard InChI is InChI=1S/C20H22N2O4/c21-20(24)15-6-8-16(9-7-15)26-18-13-25-11-10-17(18)22-19(23)12-14-4-2-1-3-5-14/h1-9,17-18H,10-13H2,(H2,21,24)(H,22,23)/t17-,18-/m1/s1. The number of amides is 2. The van der Waals surface area contributed by atoms with Crippen LogP contribution >= 0.6 is 0 Å². The summed E-state index contributed by atoms with van der Waals surface area (Å²) < 4.78 is 11.5. The number of hydrogen-bond acceptors (Lipinski definition) is 4. The first-order chi connectivity index (χ1) is 12.6. The van der Waals surface area contributed by atoms with Crippen LogP contribution in [0.25, 0.3) is 0 Å². The number of nitrogens with two attached hydrogens (primary N) is 1. The van der Waals surface area contributed by atoms with E-state index in [9.17, 15) is 9.59 Å². The van der Waals surface area contributed by atoms with E-state index in [1.54, 1.807) is 24.3 Å². The third kappa shape index (κ3) is 4.83. The van der Waals surface area contributed by atoms with Crippen molar-refractivity contribution in [1.82, 2.24) is 5.32 Å². The molecule has 1 fully saturated rings. The average Bonchev–Trinajstić information content (AvgIpc) is 2.64. The second kappa shape index (κ2) is 8.49. The van der Waals surface area contributed by atoms with E-state index in [0.29, 0.717) is 37.4 Å². The van der Waals surface area contributed by atoms with E-state index in [1.165, 1.54) is 0 Å². The van der Waals surface area contributed by atoms with E-state index in [2.05, 4.69) is 5.32 Å². The summed E-state index contributed by atoms with van der Waals surface area (Å²) in [5.74, 6) is 0.0807. The molecule has 1 aliphatic rings. The van der Waals surface area contributed by atoms with Crippen LogP contribution in [0.4, 0.5) is 0 Å². The number of carbonyl (C=O) groups excluding carboxylic acids is 2. The molecule has 0 unspecified atom stereocenters. The van der Waals surface area contributed by atoms with Crippen LogP contribution in [0, 0.1) is 0 Å². The number of nitrogens with one attached hydrogen (secondary N) is 1. The van der Waals surface area contributed by atoms with E-state index >= 15 is 0 Å². The molecule has 2 atom stereocenters. The zero-order valence-corrected chi connectivity index (χ0v) is 14.4. The Hall–Kier alpha value is -2.86. The predicted molar refractivity (Wildman–Crippen MR) is 96.9 cm³/mol. The van der Waals surface area contributed by atoms with Gasteiger partial charge in [-0.05, 0) is 36.2 Å². The molecule has 0 radical (unpaired) electrons. The number of hydrogen-bond donors (Lipinski definition) is 2. The fraction of sp³-hybridized carbons (Fsp3) is 0.300. The molecule has 3 N–H and O–H groups in total. The molecule has 1 aliphatic heterocycles. The van der Waals surface area contributed by atoms with E-state index in [0.717, 1.165) is 5.56 Å². The van der Waals surface area contributed by atoms with Gasteiger partial charge in [-0.15, -0.1) is 0 Å². The lowest BCUT2D eigenvalue weighted by Gasteiger charge is -2.32. The molecular weight excluding hydrogens is 332 g/mol. The van der Waals surface area contributed by atoms with Crippen molar-refractivity contribution in [1.29, 1.82) is 0 Å². The molecule has 0 spiro atoms. The van der Waals surface area contributed by atoms with Gasteiger partial charge in [0.25, 0.3) is 0 Å². The van der Waals surface area contributed by atoms with Gasteiger partial charge >= 0.3 is 0 Å². The van der Waals surface area contributed by atoms with E-state index in [4.69, 9.17) is 15.2 Å². The second-order valence-electron chi connectivity index (χ2n) is 6.24. The molecule has 3 rings (SSSR count). The fourth-order valence-electron chi connectivity index (χ4n) is 2.90. The van der Waals surface area contributed by atoms with Gasteiger partial charge in [0, 0.05) is 12.2 Å². The molecule has 0 aliphatic carbocycles. The maximum Gasteiger partial charge on any atom is 0.248 e. The van der Waals surface area contributed by atoms with Crippen LogP contribution in [0.15, 0.2) is 54.6 Å². The molecule has 0 saturated carbocycles. The molecular formula is C20H22N2O4. The quantitative estimate of drug-likeness (QED) is 0.826. The second-order valence-corrected chi connectivity index (χ2v) is 6.24. The van der Waals surface area contributed by atoms with Crippen molar-refractivity contribution in [3.05, 3.63) is 65.7 Å². The van der Waals surface area contributed by atoms with Gasteiger partial charge < -0.3 is 20.5 Å². The topological polar surface area (TPSA) is 90.7 Å². The summed E-state index contributed by atoms with van der Waals surface area (Å²) in [4.78, 5) is 23.5. The third-order valence-electron chi connectivity index (χ3n) is 4.28. The summed E-state index contributed by atoms with van der Waals surface area (Å²) >= 11 is 0. The van der Waals surface area contributed by atoms with E-state index < -0.39 is 5.91 Å². The van der Waals surface area contributed by atoms with Crippen molar-refractivity contribution < 1.29 is 19.1 Å². The Morgan fingerprint density at radius 2 is 1.85 bits per heavy atom. The number of rotatable bonds is 6. The Morgan fingerprint density at radius 3 is 2.54 bits per heavy atom. The van der Waals surface area contributed by atoms with Gasteiger partial charge in [-0.25, -0.2) is 0 Å². The Bertz CT molecular complexity index is 746. The molecule has 2 amide bonds. The van der Waals surface area contributed by atoms with Crippen molar-refractivity contribution in [3.8, 4) is 5.75 Å². The highest BCUT2D eigenvalue weighted by Crippen LogP contribution is 2.19. The van der Waals surface area contributed by atoms with Gasteiger partial charge in [0.1, 0.15) is 11.9 Å². The van der Waals surface area contributed by atoms with Crippen molar-refractivity contribution in [3.63, 3.8) is 0 Å². The summed E-state index contributed by atoms with van der Waals surface area (Å²) in [7, 11) is 0. The molecule has 6 heteroatoms. The van der Waals surface area contributed by atoms with Crippen LogP contribution in [0.5, 0.6) is 5.75 Å². The van der Waals surface area contributed by atoms with Crippen LogP contribution < -0.4 is 15.8 Å². The highest BCUT2D eigenvalue weighted by molar-refractivity contribution is 5.92. The van der Waals surface area contributed by atoms with Crippen LogP contribution in [0.1, 0.15) is 22.3 Å². The first-order valence-corrected chi connectivity index (χ1v) is 8.59. The van der Waals surface area contributed by atoms with E-state index in [1.807, 2.05) is 30.3 Å². The number of benzene rings is 2. The Kier molecular flexibility index (Phi) is 5.86. The van der Waals surface area contributed by atoms with Crippen molar-refractivity contribution in [2.75, 3.05) is 13.2 Å². The molecule has 2 aromatic rings. The van der Waals surface area contributed by atoms with Crippen LogP contribution in [-0.2, 0) is 16.0 Å². The summed E-state index contributed by atoms with van der Waals surface area (Å²) in [5, 5.41) is 3.05. The lowest BCUT2D eigenvalue weighted by molar-refractivity contribution is -0.123. The molecule has 2 aromatic carbocycles. The number of primary amides is 1. The highest BCUT2D eigenvalue weighted by Gasteiger charge is 2.29. The maximum absolute atomic E-state index is 12.3. The summed E-state index contributed by atoms with van der Waals surface area (Å²) in [6, 6.07) is 16.1. The van der Waals surface area contributed by atoms with Crippen LogP contribution in [0.3, 0.4) is 0 Å². The van der Waals surface area contributed by atoms with Gasteiger partial charge in [0.15, 0.2) is 0 Å². The summed E-state index contributed by atoms with van der Waals surface area (Å²) in [5.41, 5.74) is 6.63. The fourth-order valence-corrected chi connectivity index (χ4v) is 2.90. The van der Waals surface area contributed by atoms with Gasteiger partial charge in [0.2, 0.25) is 11.8 Å². The molecule has 1 heterocycles. The number of carbonyl (C=O) groups is 2. The van der Waals surface area contributed by atoms with E-state index in [-0.39, 0.29) is 18.1 Å².